The van der Waals surface area contributed by atoms with E-state index < -0.39 is 30.0 Å². The lowest BCUT2D eigenvalue weighted by Crippen LogP contribution is -2.50. The number of likely N-dealkylation sites (tertiary alicyclic amines) is 1. The highest BCUT2D eigenvalue weighted by Crippen LogP contribution is 2.32. The van der Waals surface area contributed by atoms with E-state index in [1.54, 1.807) is 24.3 Å². The number of nitrogens with one attached hydrogen (secondary N) is 1. The number of carboxylic acid groups (broad SMARTS) is 1. The predicted octanol–water partition coefficient (Wildman–Crippen LogP) is 3.11. The number of aliphatic carboxylic acids is 1. The van der Waals surface area contributed by atoms with Gasteiger partial charge in [-0.05, 0) is 49.2 Å². The molecule has 10 nitrogen and oxygen atoms in total. The van der Waals surface area contributed by atoms with Crippen LogP contribution in [0.5, 0.6) is 5.75 Å². The molecule has 2 saturated heterocycles. The van der Waals surface area contributed by atoms with Crippen molar-refractivity contribution in [3.05, 3.63) is 58.9 Å². The molecule has 2 aromatic rings. The summed E-state index contributed by atoms with van der Waals surface area (Å²) >= 11 is 5.91. The number of aliphatic hydroxyl groups excluding tert-OH is 1. The summed E-state index contributed by atoms with van der Waals surface area (Å²) in [4.78, 5) is 36.8. The zero-order chi connectivity index (χ0) is 31.0. The summed E-state index contributed by atoms with van der Waals surface area (Å²) in [5.41, 5.74) is 1.09. The lowest BCUT2D eigenvalue weighted by Gasteiger charge is -2.34. The van der Waals surface area contributed by atoms with Crippen LogP contribution < -0.4 is 15.0 Å². The number of esters is 1. The third-order valence-electron chi connectivity index (χ3n) is 6.69. The van der Waals surface area contributed by atoms with Gasteiger partial charge in [0.15, 0.2) is 6.61 Å². The van der Waals surface area contributed by atoms with E-state index in [9.17, 15) is 32.3 Å². The summed E-state index contributed by atoms with van der Waals surface area (Å²) in [6, 6.07) is 10.9. The second kappa shape index (κ2) is 14.5. The Morgan fingerprint density at radius 2 is 1.69 bits per heavy atom. The quantitative estimate of drug-likeness (QED) is 0.316. The number of carboxylic acids is 1. The number of aliphatic hydroxyl groups is 1. The van der Waals surface area contributed by atoms with Crippen LogP contribution in [0.1, 0.15) is 23.2 Å². The molecule has 0 spiro atoms. The molecule has 2 heterocycles. The Bertz CT molecular complexity index is 1240. The topological polar surface area (TPSA) is 129 Å². The molecule has 2 atom stereocenters. The van der Waals surface area contributed by atoms with E-state index in [-0.39, 0.29) is 24.6 Å². The van der Waals surface area contributed by atoms with Gasteiger partial charge in [0.25, 0.3) is 5.91 Å². The maximum atomic E-state index is 14.0. The molecule has 15 heteroatoms. The van der Waals surface area contributed by atoms with Crippen molar-refractivity contribution in [2.24, 2.45) is 0 Å². The van der Waals surface area contributed by atoms with Crippen molar-refractivity contribution in [2.45, 2.75) is 37.2 Å². The summed E-state index contributed by atoms with van der Waals surface area (Å²) in [6.07, 6.45) is -4.23. The molecule has 0 saturated carbocycles. The summed E-state index contributed by atoms with van der Waals surface area (Å²) in [7, 11) is 1.27. The molecule has 2 aliphatic heterocycles. The average Bonchev–Trinajstić information content (AvgIpc) is 3.32. The fourth-order valence-corrected chi connectivity index (χ4v) is 4.66. The number of amides is 1. The average molecular weight is 620 g/mol. The van der Waals surface area contributed by atoms with Gasteiger partial charge < -0.3 is 34.8 Å². The van der Waals surface area contributed by atoms with Gasteiger partial charge in [0.1, 0.15) is 11.6 Å². The fraction of sp³-hybridized carbons (Fsp3) is 0.444. The Morgan fingerprint density at radius 1 is 1.07 bits per heavy atom. The SMILES string of the molecule is COC(=O)COc1ccc(F)cc1N1CC(NC2CCN(C(=O)c3ccc(Cl)cc3)CC2)[C@H](O)C1.O=C(O)C(F)(F)F. The van der Waals surface area contributed by atoms with E-state index in [2.05, 4.69) is 10.1 Å². The maximum absolute atomic E-state index is 14.0. The molecule has 2 fully saturated rings. The number of hydrogen-bond acceptors (Lipinski definition) is 8. The number of benzene rings is 2. The molecule has 4 rings (SSSR count). The van der Waals surface area contributed by atoms with Crippen molar-refractivity contribution in [2.75, 3.05) is 44.8 Å². The van der Waals surface area contributed by atoms with Crippen molar-refractivity contribution in [1.82, 2.24) is 10.2 Å². The number of β-amino-alcohol motifs (C(OH)–C–C–N with tert-alkyl or cyclic N) is 1. The van der Waals surface area contributed by atoms with Crippen LogP contribution in [0.2, 0.25) is 5.02 Å². The molecule has 0 bridgehead atoms. The smallest absolute Gasteiger partial charge is 0.480 e. The van der Waals surface area contributed by atoms with Crippen molar-refractivity contribution in [1.29, 1.82) is 0 Å². The molecular weight excluding hydrogens is 590 g/mol. The number of carbonyl (C=O) groups is 3. The Morgan fingerprint density at radius 3 is 2.26 bits per heavy atom. The van der Waals surface area contributed by atoms with E-state index >= 15 is 0 Å². The number of alkyl halides is 3. The minimum atomic E-state index is -5.08. The first-order chi connectivity index (χ1) is 19.8. The molecular formula is C27H30ClF4N3O7. The first kappa shape index (κ1) is 32.9. The highest BCUT2D eigenvalue weighted by Gasteiger charge is 2.38. The Labute approximate surface area is 243 Å². The highest BCUT2D eigenvalue weighted by atomic mass is 35.5. The maximum Gasteiger partial charge on any atom is 0.490 e. The molecule has 0 radical (unpaired) electrons. The first-order valence-corrected chi connectivity index (χ1v) is 13.2. The monoisotopic (exact) mass is 619 g/mol. The second-order valence-corrected chi connectivity index (χ2v) is 10.0. The summed E-state index contributed by atoms with van der Waals surface area (Å²) in [5.74, 6) is -3.40. The number of nitrogens with zero attached hydrogens (tertiary/aromatic N) is 2. The van der Waals surface area contributed by atoms with E-state index in [1.807, 2.05) is 9.80 Å². The number of ether oxygens (including phenoxy) is 2. The van der Waals surface area contributed by atoms with Crippen molar-refractivity contribution >= 4 is 35.1 Å². The number of rotatable bonds is 7. The van der Waals surface area contributed by atoms with E-state index in [1.165, 1.54) is 25.3 Å². The van der Waals surface area contributed by atoms with E-state index in [0.29, 0.717) is 48.2 Å². The second-order valence-electron chi connectivity index (χ2n) is 9.60. The molecule has 0 aromatic heterocycles. The molecule has 42 heavy (non-hydrogen) atoms. The fourth-order valence-electron chi connectivity index (χ4n) is 4.53. The Balaban J connectivity index is 0.000000616. The Kier molecular flexibility index (Phi) is 11.4. The standard InChI is InChI=1S/C25H29ClFN3O5.C2HF3O2/c1-34-24(32)15-35-23-7-6-18(27)12-21(23)30-13-20(22(31)14-30)28-19-8-10-29(11-9-19)25(33)16-2-4-17(26)5-3-16;3-2(4,5)1(6)7/h2-7,12,19-20,22,28,31H,8-11,13-15H2,1H3;(H,6,7)/t20?,22-;/m1./s1. The largest absolute Gasteiger partial charge is 0.490 e. The van der Waals surface area contributed by atoms with Crippen LogP contribution in [0.3, 0.4) is 0 Å². The molecule has 230 valence electrons. The lowest BCUT2D eigenvalue weighted by atomic mass is 10.0. The van der Waals surface area contributed by atoms with Crippen molar-refractivity contribution < 1.29 is 51.6 Å². The third kappa shape index (κ3) is 9.19. The number of anilines is 1. The number of carbonyl (C=O) groups excluding carboxylic acids is 2. The van der Waals surface area contributed by atoms with Crippen LogP contribution in [-0.2, 0) is 14.3 Å². The summed E-state index contributed by atoms with van der Waals surface area (Å²) in [6.45, 7) is 1.68. The van der Waals surface area contributed by atoms with Crippen molar-refractivity contribution in [3.8, 4) is 5.75 Å². The van der Waals surface area contributed by atoms with Crippen LogP contribution in [0.25, 0.3) is 0 Å². The molecule has 1 amide bonds. The van der Waals surface area contributed by atoms with Crippen LogP contribution in [0.15, 0.2) is 42.5 Å². The van der Waals surface area contributed by atoms with Crippen LogP contribution in [-0.4, -0.2) is 97.2 Å². The van der Waals surface area contributed by atoms with Crippen molar-refractivity contribution in [3.63, 3.8) is 0 Å². The van der Waals surface area contributed by atoms with Gasteiger partial charge in [-0.15, -0.1) is 0 Å². The molecule has 3 N–H and O–H groups in total. The van der Waals surface area contributed by atoms with Gasteiger partial charge in [0, 0.05) is 48.9 Å². The normalized spacial score (nSPS) is 19.1. The van der Waals surface area contributed by atoms with Gasteiger partial charge in [-0.25, -0.2) is 14.0 Å². The summed E-state index contributed by atoms with van der Waals surface area (Å²) < 4.78 is 55.8. The minimum Gasteiger partial charge on any atom is -0.480 e. The van der Waals surface area contributed by atoms with Gasteiger partial charge in [0.05, 0.1) is 24.9 Å². The minimum absolute atomic E-state index is 0.0159. The van der Waals surface area contributed by atoms with E-state index in [4.69, 9.17) is 26.2 Å². The van der Waals surface area contributed by atoms with Crippen LogP contribution in [0, 0.1) is 5.82 Å². The number of hydrogen-bond donors (Lipinski definition) is 3. The molecule has 2 aromatic carbocycles. The van der Waals surface area contributed by atoms with Gasteiger partial charge in [-0.1, -0.05) is 11.6 Å². The van der Waals surface area contributed by atoms with Gasteiger partial charge in [-0.2, -0.15) is 13.2 Å². The summed E-state index contributed by atoms with van der Waals surface area (Å²) in [5, 5.41) is 21.9. The van der Waals surface area contributed by atoms with Gasteiger partial charge in [0.2, 0.25) is 0 Å². The highest BCUT2D eigenvalue weighted by molar-refractivity contribution is 6.30. The zero-order valence-electron chi connectivity index (χ0n) is 22.4. The first-order valence-electron chi connectivity index (χ1n) is 12.8. The van der Waals surface area contributed by atoms with Crippen LogP contribution >= 0.6 is 11.6 Å². The molecule has 0 aliphatic carbocycles. The van der Waals surface area contributed by atoms with Gasteiger partial charge >= 0.3 is 18.1 Å². The predicted molar refractivity (Wildman–Crippen MR) is 143 cm³/mol. The number of halogens is 5. The van der Waals surface area contributed by atoms with E-state index in [0.717, 1.165) is 12.8 Å². The number of piperidine rings is 1. The van der Waals surface area contributed by atoms with Crippen LogP contribution in [0.4, 0.5) is 23.2 Å². The number of methoxy groups -OCH3 is 1. The molecule has 1 unspecified atom stereocenters. The molecule has 2 aliphatic rings. The third-order valence-corrected chi connectivity index (χ3v) is 6.94. The lowest BCUT2D eigenvalue weighted by molar-refractivity contribution is -0.192. The Hall–Kier alpha value is -3.62. The van der Waals surface area contributed by atoms with Gasteiger partial charge in [-0.3, -0.25) is 4.79 Å². The zero-order valence-corrected chi connectivity index (χ0v) is 23.2.